The first-order chi connectivity index (χ1) is 14.2. The first kappa shape index (κ1) is 18.6. The molecule has 0 saturated heterocycles. The molecule has 0 N–H and O–H groups in total. The molecule has 0 radical (unpaired) electrons. The molecule has 2 aliphatic rings. The van der Waals surface area contributed by atoms with E-state index in [1.807, 2.05) is 11.8 Å². The number of nitrogens with zero attached hydrogens (tertiary/aromatic N) is 5. The number of hydrogen-bond donors (Lipinski definition) is 0. The van der Waals surface area contributed by atoms with E-state index in [4.69, 9.17) is 9.15 Å². The van der Waals surface area contributed by atoms with Crippen LogP contribution in [-0.4, -0.2) is 36.5 Å². The molecule has 2 aromatic heterocycles. The Morgan fingerprint density at radius 2 is 1.97 bits per heavy atom. The van der Waals surface area contributed by atoms with Crippen LogP contribution in [0.25, 0.3) is 11.5 Å². The van der Waals surface area contributed by atoms with Crippen molar-refractivity contribution in [3.63, 3.8) is 0 Å². The second-order valence-electron chi connectivity index (χ2n) is 7.60. The first-order valence-electron chi connectivity index (χ1n) is 8.97. The van der Waals surface area contributed by atoms with E-state index in [0.717, 1.165) is 6.07 Å². The molecular weight excluding hydrogens is 407 g/mol. The molecule has 5 rings (SSSR count). The van der Waals surface area contributed by atoms with Crippen molar-refractivity contribution in [2.24, 2.45) is 0 Å². The van der Waals surface area contributed by atoms with Crippen LogP contribution in [0.1, 0.15) is 18.4 Å². The van der Waals surface area contributed by atoms with Crippen LogP contribution in [-0.2, 0) is 19.6 Å². The summed E-state index contributed by atoms with van der Waals surface area (Å²) in [5.74, 6) is -3.29. The van der Waals surface area contributed by atoms with E-state index < -0.39 is 28.0 Å². The van der Waals surface area contributed by atoms with Gasteiger partial charge < -0.3 is 19.3 Å². The van der Waals surface area contributed by atoms with Gasteiger partial charge in [0.25, 0.3) is 0 Å². The number of aromatic nitrogens is 3. The van der Waals surface area contributed by atoms with Crippen molar-refractivity contribution in [2.75, 3.05) is 6.54 Å². The molecule has 0 saturated carbocycles. The Morgan fingerprint density at radius 1 is 1.20 bits per heavy atom. The highest BCUT2D eigenvalue weighted by atomic mass is 19.2. The number of rotatable bonds is 4. The van der Waals surface area contributed by atoms with Crippen molar-refractivity contribution in [1.82, 2.24) is 19.4 Å². The number of halogens is 3. The fourth-order valence-corrected chi connectivity index (χ4v) is 3.85. The van der Waals surface area contributed by atoms with E-state index >= 15 is 0 Å². The summed E-state index contributed by atoms with van der Waals surface area (Å²) in [6.07, 6.45) is 1.33. The van der Waals surface area contributed by atoms with Gasteiger partial charge in [-0.25, -0.2) is 18.2 Å². The molecule has 0 spiro atoms. The first-order valence-corrected chi connectivity index (χ1v) is 8.97. The summed E-state index contributed by atoms with van der Waals surface area (Å²) in [6.45, 7) is 3.48. The minimum Gasteiger partial charge on any atom is -0.439 e. The lowest BCUT2D eigenvalue weighted by molar-refractivity contribution is -0.389. The van der Waals surface area contributed by atoms with Gasteiger partial charge in [-0.1, -0.05) is 0 Å². The molecule has 1 atom stereocenters. The summed E-state index contributed by atoms with van der Waals surface area (Å²) < 4.78 is 53.6. The van der Waals surface area contributed by atoms with Crippen LogP contribution in [0.15, 0.2) is 22.7 Å². The van der Waals surface area contributed by atoms with Crippen LogP contribution in [0.4, 0.5) is 19.0 Å². The number of benzene rings is 1. The highest BCUT2D eigenvalue weighted by molar-refractivity contribution is 5.55. The summed E-state index contributed by atoms with van der Waals surface area (Å²) in [6, 6.07) is 1.37. The van der Waals surface area contributed by atoms with Crippen molar-refractivity contribution >= 4 is 5.82 Å². The normalized spacial score (nSPS) is 20.3. The van der Waals surface area contributed by atoms with E-state index in [0.29, 0.717) is 43.7 Å². The number of hydrogen-bond acceptors (Lipinski definition) is 7. The number of nitro groups is 1. The fourth-order valence-electron chi connectivity index (χ4n) is 3.85. The zero-order valence-electron chi connectivity index (χ0n) is 15.6. The monoisotopic (exact) mass is 421 g/mol. The van der Waals surface area contributed by atoms with Gasteiger partial charge in [-0.15, -0.1) is 0 Å². The molecule has 0 fully saturated rings. The van der Waals surface area contributed by atoms with Crippen LogP contribution in [0.5, 0.6) is 6.01 Å². The quantitative estimate of drug-likeness (QED) is 0.363. The average molecular weight is 421 g/mol. The van der Waals surface area contributed by atoms with Crippen molar-refractivity contribution in [3.8, 4) is 17.5 Å². The van der Waals surface area contributed by atoms with Gasteiger partial charge in [0.15, 0.2) is 11.6 Å². The molecule has 1 aromatic carbocycles. The Morgan fingerprint density at radius 3 is 2.67 bits per heavy atom. The Hall–Kier alpha value is -3.41. The third-order valence-electron chi connectivity index (χ3n) is 5.07. The van der Waals surface area contributed by atoms with Gasteiger partial charge in [0.1, 0.15) is 23.4 Å². The zero-order chi connectivity index (χ0) is 21.2. The second-order valence-corrected chi connectivity index (χ2v) is 7.60. The lowest BCUT2D eigenvalue weighted by atomic mass is 10.1. The Balaban J connectivity index is 1.28. The number of ether oxygens (including phenoxy) is 1. The standard InChI is InChI=1S/C18H14F3N5O4/c1-18(8-25-6-15(26(27)28)23-17(25)30-18)7-24-4-13-14(5-24)29-16(22-13)9-2-11(20)12(21)3-10(9)19/h2-3,6H,4-5,7-8H2,1H3. The van der Waals surface area contributed by atoms with Crippen LogP contribution < -0.4 is 4.74 Å². The maximum absolute atomic E-state index is 14.0. The van der Waals surface area contributed by atoms with Crippen LogP contribution in [0.3, 0.4) is 0 Å². The predicted molar refractivity (Wildman–Crippen MR) is 93.8 cm³/mol. The van der Waals surface area contributed by atoms with Crippen molar-refractivity contribution < 1.29 is 27.2 Å². The summed E-state index contributed by atoms with van der Waals surface area (Å²) in [5, 5.41) is 10.8. The van der Waals surface area contributed by atoms with Gasteiger partial charge in [0.05, 0.1) is 24.3 Å². The Kier molecular flexibility index (Phi) is 3.90. The number of imidazole rings is 1. The van der Waals surface area contributed by atoms with E-state index in [9.17, 15) is 23.3 Å². The van der Waals surface area contributed by atoms with Gasteiger partial charge in [0, 0.05) is 24.1 Å². The molecule has 9 nitrogen and oxygen atoms in total. The second kappa shape index (κ2) is 6.29. The zero-order valence-corrected chi connectivity index (χ0v) is 15.6. The third-order valence-corrected chi connectivity index (χ3v) is 5.07. The fraction of sp³-hybridized carbons (Fsp3) is 0.333. The van der Waals surface area contributed by atoms with Gasteiger partial charge >= 0.3 is 11.8 Å². The van der Waals surface area contributed by atoms with Gasteiger partial charge in [-0.3, -0.25) is 9.47 Å². The van der Waals surface area contributed by atoms with Crippen molar-refractivity contribution in [3.05, 3.63) is 57.3 Å². The van der Waals surface area contributed by atoms with E-state index in [1.54, 1.807) is 4.57 Å². The molecule has 30 heavy (non-hydrogen) atoms. The average Bonchev–Trinajstić information content (AvgIpc) is 3.36. The maximum atomic E-state index is 14.0. The number of fused-ring (bicyclic) bond motifs is 2. The molecular formula is C18H14F3N5O4. The SMILES string of the molecule is CC1(CN2Cc3nc(-c4cc(F)c(F)cc4F)oc3C2)Cn2cc([N+](=O)[O-])nc2O1. The summed E-state index contributed by atoms with van der Waals surface area (Å²) >= 11 is 0. The van der Waals surface area contributed by atoms with Gasteiger partial charge in [-0.05, 0) is 17.9 Å². The Labute approximate surface area is 166 Å². The van der Waals surface area contributed by atoms with Crippen molar-refractivity contribution in [1.29, 1.82) is 0 Å². The molecule has 0 aliphatic carbocycles. The third kappa shape index (κ3) is 3.00. The molecule has 4 heterocycles. The lowest BCUT2D eigenvalue weighted by Crippen LogP contribution is -2.43. The molecule has 156 valence electrons. The minimum absolute atomic E-state index is 0.105. The molecule has 2 aliphatic heterocycles. The molecule has 0 amide bonds. The largest absolute Gasteiger partial charge is 0.439 e. The maximum Gasteiger partial charge on any atom is 0.415 e. The van der Waals surface area contributed by atoms with Gasteiger partial charge in [0.2, 0.25) is 5.89 Å². The van der Waals surface area contributed by atoms with E-state index in [-0.39, 0.29) is 23.3 Å². The molecule has 0 bridgehead atoms. The Bertz CT molecular complexity index is 1140. The highest BCUT2D eigenvalue weighted by Gasteiger charge is 2.43. The van der Waals surface area contributed by atoms with Crippen LogP contribution >= 0.6 is 0 Å². The van der Waals surface area contributed by atoms with Gasteiger partial charge in [-0.2, -0.15) is 0 Å². The van der Waals surface area contributed by atoms with Crippen molar-refractivity contribution in [2.45, 2.75) is 32.2 Å². The molecule has 3 aromatic rings. The lowest BCUT2D eigenvalue weighted by Gasteiger charge is -2.27. The predicted octanol–water partition coefficient (Wildman–Crippen LogP) is 3.03. The summed E-state index contributed by atoms with van der Waals surface area (Å²) in [4.78, 5) is 20.3. The van der Waals surface area contributed by atoms with Crippen LogP contribution in [0.2, 0.25) is 0 Å². The number of oxazole rings is 1. The van der Waals surface area contributed by atoms with Crippen LogP contribution in [0, 0.1) is 27.6 Å². The highest BCUT2D eigenvalue weighted by Crippen LogP contribution is 2.35. The van der Waals surface area contributed by atoms with E-state index in [2.05, 4.69) is 9.97 Å². The smallest absolute Gasteiger partial charge is 0.415 e. The van der Waals surface area contributed by atoms with E-state index in [1.165, 1.54) is 6.20 Å². The summed E-state index contributed by atoms with van der Waals surface area (Å²) in [7, 11) is 0. The topological polar surface area (TPSA) is 99.5 Å². The summed E-state index contributed by atoms with van der Waals surface area (Å²) in [5.41, 5.74) is -0.326. The molecule has 1 unspecified atom stereocenters. The minimum atomic E-state index is -1.28. The molecule has 12 heteroatoms.